The average molecular weight is 783 g/mol. The van der Waals surface area contributed by atoms with E-state index >= 15 is 0 Å². The molecule has 0 aromatic rings. The monoisotopic (exact) mass is 783 g/mol. The first-order valence-electron chi connectivity index (χ1n) is 21.8. The largest absolute Gasteiger partial charge is 0.379 e. The fourth-order valence-corrected chi connectivity index (χ4v) is 5.20. The SMILES string of the molecule is CCCCCCCCCCOCCOCCOCCOCCOCCOCCOCCOCCOCCOCCOCCOCCCCCCCCCC. The van der Waals surface area contributed by atoms with Gasteiger partial charge in [-0.3, -0.25) is 0 Å². The maximum absolute atomic E-state index is 5.63. The van der Waals surface area contributed by atoms with Crippen molar-refractivity contribution in [1.82, 2.24) is 0 Å². The molecule has 0 amide bonds. The number of rotatable bonds is 51. The minimum Gasteiger partial charge on any atom is -0.379 e. The lowest BCUT2D eigenvalue weighted by molar-refractivity contribution is -0.0284. The summed E-state index contributed by atoms with van der Waals surface area (Å²) in [5.41, 5.74) is 0. The van der Waals surface area contributed by atoms with Gasteiger partial charge in [0.15, 0.2) is 0 Å². The summed E-state index contributed by atoms with van der Waals surface area (Å²) in [5, 5.41) is 0. The number of unbranched alkanes of at least 4 members (excludes halogenated alkanes) is 14. The van der Waals surface area contributed by atoms with Crippen LogP contribution in [0.5, 0.6) is 0 Å². The standard InChI is InChI=1S/C42H86O12/c1-3-5-7-9-11-13-15-17-19-43-21-23-45-25-27-47-29-31-49-33-35-51-37-39-53-41-42-54-40-38-52-36-34-50-32-30-48-28-26-46-24-22-44-20-18-16-14-12-10-8-6-4-2/h3-42H2,1-2H3. The number of hydrogen-bond donors (Lipinski definition) is 0. The highest BCUT2D eigenvalue weighted by atomic mass is 16.6. The van der Waals surface area contributed by atoms with Crippen molar-refractivity contribution in [1.29, 1.82) is 0 Å². The van der Waals surface area contributed by atoms with Crippen LogP contribution in [0.15, 0.2) is 0 Å². The van der Waals surface area contributed by atoms with Crippen molar-refractivity contribution in [2.75, 3.05) is 159 Å². The van der Waals surface area contributed by atoms with Crippen LogP contribution in [0.2, 0.25) is 0 Å². The Hall–Kier alpha value is -0.480. The highest BCUT2D eigenvalue weighted by Gasteiger charge is 1.98. The van der Waals surface area contributed by atoms with E-state index in [1.807, 2.05) is 0 Å². The van der Waals surface area contributed by atoms with E-state index in [0.717, 1.165) is 26.1 Å². The van der Waals surface area contributed by atoms with Gasteiger partial charge in [0.2, 0.25) is 0 Å². The predicted molar refractivity (Wildman–Crippen MR) is 215 cm³/mol. The molecule has 0 N–H and O–H groups in total. The van der Waals surface area contributed by atoms with Crippen LogP contribution < -0.4 is 0 Å². The van der Waals surface area contributed by atoms with E-state index in [-0.39, 0.29) is 0 Å². The minimum absolute atomic E-state index is 0.522. The summed E-state index contributed by atoms with van der Waals surface area (Å²) < 4.78 is 66.5. The van der Waals surface area contributed by atoms with Crippen molar-refractivity contribution in [3.8, 4) is 0 Å². The third kappa shape index (κ3) is 51.5. The fraction of sp³-hybridized carbons (Fsp3) is 1.00. The lowest BCUT2D eigenvalue weighted by atomic mass is 10.1. The molecule has 0 aromatic heterocycles. The molecule has 12 heteroatoms. The second kappa shape index (κ2) is 52.5. The molecule has 0 aromatic carbocycles. The summed E-state index contributed by atoms with van der Waals surface area (Å²) in [6.45, 7) is 18.4. The van der Waals surface area contributed by atoms with Crippen molar-refractivity contribution in [3.05, 3.63) is 0 Å². The van der Waals surface area contributed by atoms with E-state index in [2.05, 4.69) is 13.8 Å². The van der Waals surface area contributed by atoms with Crippen LogP contribution in [0.25, 0.3) is 0 Å². The molecule has 0 unspecified atom stereocenters. The summed E-state index contributed by atoms with van der Waals surface area (Å²) in [6.07, 6.45) is 21.1. The summed E-state index contributed by atoms with van der Waals surface area (Å²) >= 11 is 0. The van der Waals surface area contributed by atoms with E-state index < -0.39 is 0 Å². The highest BCUT2D eigenvalue weighted by Crippen LogP contribution is 2.09. The van der Waals surface area contributed by atoms with E-state index in [4.69, 9.17) is 56.8 Å². The summed E-state index contributed by atoms with van der Waals surface area (Å²) in [6, 6.07) is 0. The molecular formula is C42H86O12. The predicted octanol–water partition coefficient (Wildman–Crippen LogP) is 7.47. The molecular weight excluding hydrogens is 696 g/mol. The van der Waals surface area contributed by atoms with Gasteiger partial charge >= 0.3 is 0 Å². The van der Waals surface area contributed by atoms with Gasteiger partial charge in [-0.2, -0.15) is 0 Å². The smallest absolute Gasteiger partial charge is 0.0701 e. The molecule has 326 valence electrons. The van der Waals surface area contributed by atoms with Gasteiger partial charge in [-0.25, -0.2) is 0 Å². The molecule has 0 atom stereocenters. The lowest BCUT2D eigenvalue weighted by Crippen LogP contribution is -2.15. The molecule has 0 aliphatic rings. The second-order valence-electron chi connectivity index (χ2n) is 13.3. The Bertz CT molecular complexity index is 582. The van der Waals surface area contributed by atoms with Gasteiger partial charge in [-0.1, -0.05) is 104 Å². The molecule has 12 nitrogen and oxygen atoms in total. The van der Waals surface area contributed by atoms with E-state index in [1.54, 1.807) is 0 Å². The maximum Gasteiger partial charge on any atom is 0.0701 e. The van der Waals surface area contributed by atoms with Gasteiger partial charge in [-0.15, -0.1) is 0 Å². The van der Waals surface area contributed by atoms with Crippen LogP contribution in [-0.2, 0) is 56.8 Å². The fourth-order valence-electron chi connectivity index (χ4n) is 5.20. The lowest BCUT2D eigenvalue weighted by Gasteiger charge is -2.09. The Morgan fingerprint density at radius 3 is 0.444 bits per heavy atom. The number of ether oxygens (including phenoxy) is 12. The third-order valence-corrected chi connectivity index (χ3v) is 8.38. The van der Waals surface area contributed by atoms with Gasteiger partial charge in [0.25, 0.3) is 0 Å². The first-order chi connectivity index (χ1) is 26.9. The Kier molecular flexibility index (Phi) is 52.1. The molecule has 0 rings (SSSR count). The molecule has 0 saturated carbocycles. The van der Waals surface area contributed by atoms with Crippen molar-refractivity contribution in [2.24, 2.45) is 0 Å². The summed E-state index contributed by atoms with van der Waals surface area (Å²) in [4.78, 5) is 0. The molecule has 0 bridgehead atoms. The zero-order valence-electron chi connectivity index (χ0n) is 35.2. The topological polar surface area (TPSA) is 111 Å². The van der Waals surface area contributed by atoms with Gasteiger partial charge in [0.1, 0.15) is 0 Å². The van der Waals surface area contributed by atoms with Crippen LogP contribution in [-0.4, -0.2) is 159 Å². The minimum atomic E-state index is 0.522. The van der Waals surface area contributed by atoms with Crippen LogP contribution in [0, 0.1) is 0 Å². The molecule has 0 spiro atoms. The molecule has 0 fully saturated rings. The zero-order valence-corrected chi connectivity index (χ0v) is 35.2. The Morgan fingerprint density at radius 2 is 0.278 bits per heavy atom. The summed E-state index contributed by atoms with van der Waals surface area (Å²) in [7, 11) is 0. The molecule has 0 saturated heterocycles. The molecule has 0 aliphatic heterocycles. The van der Waals surface area contributed by atoms with Gasteiger partial charge < -0.3 is 56.8 Å². The van der Waals surface area contributed by atoms with Crippen molar-refractivity contribution in [2.45, 2.75) is 117 Å². The molecule has 54 heavy (non-hydrogen) atoms. The van der Waals surface area contributed by atoms with Gasteiger partial charge in [0.05, 0.1) is 145 Å². The molecule has 0 radical (unpaired) electrons. The summed E-state index contributed by atoms with van der Waals surface area (Å²) in [5.74, 6) is 0. The van der Waals surface area contributed by atoms with Crippen LogP contribution in [0.4, 0.5) is 0 Å². The van der Waals surface area contributed by atoms with E-state index in [9.17, 15) is 0 Å². The second-order valence-corrected chi connectivity index (χ2v) is 13.3. The van der Waals surface area contributed by atoms with Crippen LogP contribution in [0.1, 0.15) is 117 Å². The van der Waals surface area contributed by atoms with Crippen molar-refractivity contribution >= 4 is 0 Å². The third-order valence-electron chi connectivity index (χ3n) is 8.38. The maximum atomic E-state index is 5.63. The highest BCUT2D eigenvalue weighted by molar-refractivity contribution is 4.47. The quantitative estimate of drug-likeness (QED) is 0.0571. The zero-order chi connectivity index (χ0) is 38.8. The van der Waals surface area contributed by atoms with E-state index in [0.29, 0.717) is 145 Å². The Labute approximate surface area is 331 Å². The van der Waals surface area contributed by atoms with E-state index in [1.165, 1.54) is 89.9 Å². The molecule has 0 heterocycles. The first-order valence-corrected chi connectivity index (χ1v) is 21.8. The van der Waals surface area contributed by atoms with Crippen molar-refractivity contribution in [3.63, 3.8) is 0 Å². The first kappa shape index (κ1) is 53.5. The Balaban J connectivity index is 3.05. The molecule has 0 aliphatic carbocycles. The Morgan fingerprint density at radius 1 is 0.148 bits per heavy atom. The average Bonchev–Trinajstić information content (AvgIpc) is 3.18. The van der Waals surface area contributed by atoms with Gasteiger partial charge in [-0.05, 0) is 12.8 Å². The van der Waals surface area contributed by atoms with Crippen LogP contribution >= 0.6 is 0 Å². The van der Waals surface area contributed by atoms with Crippen molar-refractivity contribution < 1.29 is 56.8 Å². The number of hydrogen-bond acceptors (Lipinski definition) is 12. The van der Waals surface area contributed by atoms with Crippen LogP contribution in [0.3, 0.4) is 0 Å². The van der Waals surface area contributed by atoms with Gasteiger partial charge in [0, 0.05) is 13.2 Å². The normalized spacial score (nSPS) is 11.7.